The lowest BCUT2D eigenvalue weighted by Gasteiger charge is -2.02. The second kappa shape index (κ2) is 6.62. The minimum absolute atomic E-state index is 0.0927. The third-order valence-corrected chi connectivity index (χ3v) is 3.70. The van der Waals surface area contributed by atoms with Gasteiger partial charge in [0.25, 0.3) is 5.91 Å². The van der Waals surface area contributed by atoms with Crippen LogP contribution in [0.1, 0.15) is 15.9 Å². The Morgan fingerprint density at radius 1 is 1.25 bits per heavy atom. The van der Waals surface area contributed by atoms with Crippen molar-refractivity contribution >= 4 is 44.0 Å². The summed E-state index contributed by atoms with van der Waals surface area (Å²) in [5, 5.41) is 13.4. The molecule has 1 amide bonds. The molecule has 20 heavy (non-hydrogen) atoms. The number of phenols is 1. The van der Waals surface area contributed by atoms with E-state index >= 15 is 0 Å². The molecule has 5 nitrogen and oxygen atoms in total. The third kappa shape index (κ3) is 3.64. The average molecular weight is 399 g/mol. The van der Waals surface area contributed by atoms with E-state index in [0.717, 1.165) is 4.47 Å². The monoisotopic (exact) mass is 397 g/mol. The molecular formula is C13H9Br2N3O2. The highest BCUT2D eigenvalue weighted by Gasteiger charge is 2.05. The summed E-state index contributed by atoms with van der Waals surface area (Å²) in [4.78, 5) is 15.5. The van der Waals surface area contributed by atoms with E-state index < -0.39 is 0 Å². The van der Waals surface area contributed by atoms with E-state index in [0.29, 0.717) is 15.6 Å². The number of nitrogens with zero attached hydrogens (tertiary/aromatic N) is 2. The number of pyridine rings is 1. The molecule has 0 saturated heterocycles. The predicted octanol–water partition coefficient (Wildman–Crippen LogP) is 3.08. The molecule has 0 radical (unpaired) electrons. The SMILES string of the molecule is O=C(N/N=C\c1cc(O)c(Br)cc1Br)c1ccncc1. The Morgan fingerprint density at radius 2 is 1.95 bits per heavy atom. The van der Waals surface area contributed by atoms with Gasteiger partial charge in [-0.1, -0.05) is 15.9 Å². The molecule has 2 N–H and O–H groups in total. The molecule has 0 fully saturated rings. The fraction of sp³-hybridized carbons (Fsp3) is 0. The summed E-state index contributed by atoms with van der Waals surface area (Å²) in [5.41, 5.74) is 3.50. The standard InChI is InChI=1S/C13H9Br2N3O2/c14-10-6-11(15)12(19)5-9(10)7-17-18-13(20)8-1-3-16-4-2-8/h1-7,19H,(H,18,20)/b17-7-. The van der Waals surface area contributed by atoms with Gasteiger partial charge in [-0.05, 0) is 40.2 Å². The number of benzene rings is 1. The van der Waals surface area contributed by atoms with Gasteiger partial charge < -0.3 is 5.11 Å². The summed E-state index contributed by atoms with van der Waals surface area (Å²) < 4.78 is 1.31. The van der Waals surface area contributed by atoms with Crippen LogP contribution in [0.5, 0.6) is 5.75 Å². The van der Waals surface area contributed by atoms with E-state index in [1.54, 1.807) is 18.2 Å². The summed E-state index contributed by atoms with van der Waals surface area (Å²) in [6.07, 6.45) is 4.50. The molecule has 0 aliphatic heterocycles. The van der Waals surface area contributed by atoms with Gasteiger partial charge in [0.15, 0.2) is 0 Å². The van der Waals surface area contributed by atoms with Gasteiger partial charge in [-0.2, -0.15) is 5.10 Å². The van der Waals surface area contributed by atoms with Gasteiger partial charge in [0.2, 0.25) is 0 Å². The first-order chi connectivity index (χ1) is 9.58. The van der Waals surface area contributed by atoms with Crippen LogP contribution in [0.25, 0.3) is 0 Å². The van der Waals surface area contributed by atoms with Crippen LogP contribution in [-0.4, -0.2) is 22.2 Å². The Hall–Kier alpha value is -1.73. The minimum Gasteiger partial charge on any atom is -0.507 e. The lowest BCUT2D eigenvalue weighted by molar-refractivity contribution is 0.0955. The molecule has 102 valence electrons. The molecule has 0 atom stereocenters. The number of halogens is 2. The lowest BCUT2D eigenvalue weighted by Crippen LogP contribution is -2.17. The van der Waals surface area contributed by atoms with Crippen molar-refractivity contribution in [3.8, 4) is 5.75 Å². The van der Waals surface area contributed by atoms with Crippen molar-refractivity contribution in [1.82, 2.24) is 10.4 Å². The van der Waals surface area contributed by atoms with Crippen molar-refractivity contribution in [2.45, 2.75) is 0 Å². The van der Waals surface area contributed by atoms with E-state index in [4.69, 9.17) is 0 Å². The van der Waals surface area contributed by atoms with Crippen LogP contribution >= 0.6 is 31.9 Å². The smallest absolute Gasteiger partial charge is 0.271 e. The summed E-state index contributed by atoms with van der Waals surface area (Å²) in [7, 11) is 0. The van der Waals surface area contributed by atoms with Crippen molar-refractivity contribution in [1.29, 1.82) is 0 Å². The van der Waals surface area contributed by atoms with Crippen molar-refractivity contribution in [2.24, 2.45) is 5.10 Å². The van der Waals surface area contributed by atoms with E-state index in [9.17, 15) is 9.90 Å². The molecule has 0 spiro atoms. The number of hydrazone groups is 1. The van der Waals surface area contributed by atoms with Gasteiger partial charge in [-0.15, -0.1) is 0 Å². The number of phenolic OH excluding ortho intramolecular Hbond substituents is 1. The zero-order chi connectivity index (χ0) is 14.5. The van der Waals surface area contributed by atoms with Crippen LogP contribution in [0.2, 0.25) is 0 Å². The zero-order valence-corrected chi connectivity index (χ0v) is 13.2. The number of nitrogens with one attached hydrogen (secondary N) is 1. The fourth-order valence-electron chi connectivity index (χ4n) is 1.38. The summed E-state index contributed by atoms with van der Waals surface area (Å²) in [6.45, 7) is 0. The molecule has 7 heteroatoms. The van der Waals surface area contributed by atoms with Crippen molar-refractivity contribution < 1.29 is 9.90 Å². The molecule has 1 aromatic heterocycles. The molecular weight excluding hydrogens is 390 g/mol. The maximum Gasteiger partial charge on any atom is 0.271 e. The number of rotatable bonds is 3. The van der Waals surface area contributed by atoms with Crippen LogP contribution in [0, 0.1) is 0 Å². The molecule has 0 aliphatic rings. The highest BCUT2D eigenvalue weighted by molar-refractivity contribution is 9.11. The largest absolute Gasteiger partial charge is 0.507 e. The molecule has 1 heterocycles. The quantitative estimate of drug-likeness (QED) is 0.616. The Morgan fingerprint density at radius 3 is 2.65 bits per heavy atom. The number of carbonyl (C=O) groups excluding carboxylic acids is 1. The number of aromatic hydroxyl groups is 1. The molecule has 0 aliphatic carbocycles. The Kier molecular flexibility index (Phi) is 4.86. The van der Waals surface area contributed by atoms with Crippen LogP contribution < -0.4 is 5.43 Å². The predicted molar refractivity (Wildman–Crippen MR) is 82.8 cm³/mol. The highest BCUT2D eigenvalue weighted by atomic mass is 79.9. The van der Waals surface area contributed by atoms with Crippen molar-refractivity contribution in [3.63, 3.8) is 0 Å². The van der Waals surface area contributed by atoms with E-state index in [1.807, 2.05) is 0 Å². The first-order valence-corrected chi connectivity index (χ1v) is 7.08. The Bertz CT molecular complexity index is 660. The van der Waals surface area contributed by atoms with Gasteiger partial charge in [-0.25, -0.2) is 5.43 Å². The second-order valence-electron chi connectivity index (χ2n) is 3.76. The minimum atomic E-state index is -0.332. The van der Waals surface area contributed by atoms with E-state index in [1.165, 1.54) is 24.7 Å². The Labute approximate surface area is 132 Å². The van der Waals surface area contributed by atoms with E-state index in [2.05, 4.69) is 47.4 Å². The number of carbonyl (C=O) groups is 1. The fourth-order valence-corrected chi connectivity index (χ4v) is 2.48. The number of hydrogen-bond acceptors (Lipinski definition) is 4. The van der Waals surface area contributed by atoms with Crippen molar-refractivity contribution in [3.05, 3.63) is 56.7 Å². The van der Waals surface area contributed by atoms with Gasteiger partial charge in [-0.3, -0.25) is 9.78 Å². The number of aromatic nitrogens is 1. The van der Waals surface area contributed by atoms with Gasteiger partial charge in [0.1, 0.15) is 5.75 Å². The van der Waals surface area contributed by atoms with Gasteiger partial charge in [0.05, 0.1) is 10.7 Å². The average Bonchev–Trinajstić information content (AvgIpc) is 2.45. The number of amides is 1. The maximum atomic E-state index is 11.7. The van der Waals surface area contributed by atoms with Gasteiger partial charge >= 0.3 is 0 Å². The van der Waals surface area contributed by atoms with Crippen LogP contribution in [0.4, 0.5) is 0 Å². The molecule has 0 unspecified atom stereocenters. The topological polar surface area (TPSA) is 74.6 Å². The molecule has 2 rings (SSSR count). The normalized spacial score (nSPS) is 10.7. The lowest BCUT2D eigenvalue weighted by atomic mass is 10.2. The van der Waals surface area contributed by atoms with Crippen LogP contribution in [0.3, 0.4) is 0 Å². The van der Waals surface area contributed by atoms with Crippen molar-refractivity contribution in [2.75, 3.05) is 0 Å². The zero-order valence-electron chi connectivity index (χ0n) is 10.0. The van der Waals surface area contributed by atoms with E-state index in [-0.39, 0.29) is 11.7 Å². The molecule has 0 bridgehead atoms. The number of hydrogen-bond donors (Lipinski definition) is 2. The summed E-state index contributed by atoms with van der Waals surface area (Å²) in [6, 6.07) is 6.40. The second-order valence-corrected chi connectivity index (χ2v) is 5.47. The summed E-state index contributed by atoms with van der Waals surface area (Å²) >= 11 is 6.54. The van der Waals surface area contributed by atoms with Gasteiger partial charge in [0, 0.05) is 28.0 Å². The Balaban J connectivity index is 2.08. The third-order valence-electron chi connectivity index (χ3n) is 2.38. The van der Waals surface area contributed by atoms with Crippen LogP contribution in [-0.2, 0) is 0 Å². The molecule has 0 saturated carbocycles. The highest BCUT2D eigenvalue weighted by Crippen LogP contribution is 2.29. The van der Waals surface area contributed by atoms with Crippen LogP contribution in [0.15, 0.2) is 50.7 Å². The summed E-state index contributed by atoms with van der Waals surface area (Å²) in [5.74, 6) is -0.240. The molecule has 2 aromatic rings. The first kappa shape index (κ1) is 14.7. The molecule has 1 aromatic carbocycles. The maximum absolute atomic E-state index is 11.7. The first-order valence-electron chi connectivity index (χ1n) is 5.49.